The molecule has 94 valence electrons. The van der Waals surface area contributed by atoms with Crippen LogP contribution in [0.1, 0.15) is 5.56 Å². The van der Waals surface area contributed by atoms with Crippen LogP contribution < -0.4 is 4.74 Å². The van der Waals surface area contributed by atoms with Gasteiger partial charge in [-0.25, -0.2) is 0 Å². The van der Waals surface area contributed by atoms with E-state index < -0.39 is 0 Å². The molecule has 3 heteroatoms. The Bertz CT molecular complexity index is 494. The van der Waals surface area contributed by atoms with Gasteiger partial charge in [-0.1, -0.05) is 23.8 Å². The van der Waals surface area contributed by atoms with Crippen LogP contribution in [0.25, 0.3) is 0 Å². The summed E-state index contributed by atoms with van der Waals surface area (Å²) < 4.78 is 5.55. The van der Waals surface area contributed by atoms with E-state index in [0.29, 0.717) is 12.4 Å². The predicted octanol–water partition coefficient (Wildman–Crippen LogP) is 3.87. The molecular weight excluding hydrogens is 244 g/mol. The van der Waals surface area contributed by atoms with Crippen LogP contribution in [0.2, 0.25) is 0 Å². The Morgan fingerprint density at radius 2 is 1.89 bits per heavy atom. The molecule has 0 amide bonds. The molecule has 2 nitrogen and oxygen atoms in total. The number of thioether (sulfide) groups is 1. The van der Waals surface area contributed by atoms with E-state index >= 15 is 0 Å². The molecule has 0 atom stereocenters. The summed E-state index contributed by atoms with van der Waals surface area (Å²) in [6.07, 6.45) is 0. The molecular formula is C15H16O2S. The van der Waals surface area contributed by atoms with E-state index in [-0.39, 0.29) is 5.75 Å². The molecule has 1 N–H and O–H groups in total. The number of hydrogen-bond donors (Lipinski definition) is 1. The Morgan fingerprint density at radius 1 is 1.11 bits per heavy atom. The standard InChI is InChI=1S/C15H16O2S/c1-12-5-7-15(8-6-12)18-10-9-17-14-4-2-3-13(16)11-14/h2-8,11,16H,9-10H2,1H3. The quantitative estimate of drug-likeness (QED) is 0.653. The lowest BCUT2D eigenvalue weighted by atomic mass is 10.2. The molecule has 2 aromatic rings. The van der Waals surface area contributed by atoms with Crippen molar-refractivity contribution in [3.05, 3.63) is 54.1 Å². The summed E-state index contributed by atoms with van der Waals surface area (Å²) in [4.78, 5) is 1.25. The molecule has 0 saturated carbocycles. The number of ether oxygens (including phenoxy) is 1. The number of rotatable bonds is 5. The molecule has 18 heavy (non-hydrogen) atoms. The SMILES string of the molecule is Cc1ccc(SCCOc2cccc(O)c2)cc1. The summed E-state index contributed by atoms with van der Waals surface area (Å²) in [5, 5.41) is 9.29. The van der Waals surface area contributed by atoms with Crippen molar-refractivity contribution in [1.82, 2.24) is 0 Å². The lowest BCUT2D eigenvalue weighted by molar-refractivity contribution is 0.341. The fraction of sp³-hybridized carbons (Fsp3) is 0.200. The summed E-state index contributed by atoms with van der Waals surface area (Å²) in [6.45, 7) is 2.71. The molecule has 0 fully saturated rings. The highest BCUT2D eigenvalue weighted by molar-refractivity contribution is 7.99. The van der Waals surface area contributed by atoms with Gasteiger partial charge in [0.15, 0.2) is 0 Å². The maximum atomic E-state index is 9.29. The van der Waals surface area contributed by atoms with Crippen molar-refractivity contribution < 1.29 is 9.84 Å². The van der Waals surface area contributed by atoms with Crippen molar-refractivity contribution in [2.45, 2.75) is 11.8 Å². The highest BCUT2D eigenvalue weighted by atomic mass is 32.2. The zero-order valence-electron chi connectivity index (χ0n) is 10.3. The lowest BCUT2D eigenvalue weighted by Crippen LogP contribution is -1.99. The van der Waals surface area contributed by atoms with Crippen molar-refractivity contribution in [2.24, 2.45) is 0 Å². The molecule has 2 rings (SSSR count). The summed E-state index contributed by atoms with van der Waals surface area (Å²) in [5.41, 5.74) is 1.27. The zero-order chi connectivity index (χ0) is 12.8. The van der Waals surface area contributed by atoms with Crippen LogP contribution in [0.3, 0.4) is 0 Å². The van der Waals surface area contributed by atoms with Crippen molar-refractivity contribution in [3.63, 3.8) is 0 Å². The van der Waals surface area contributed by atoms with Crippen molar-refractivity contribution >= 4 is 11.8 Å². The van der Waals surface area contributed by atoms with Crippen LogP contribution in [0, 0.1) is 6.92 Å². The molecule has 0 aromatic heterocycles. The zero-order valence-corrected chi connectivity index (χ0v) is 11.1. The van der Waals surface area contributed by atoms with Crippen molar-refractivity contribution in [3.8, 4) is 11.5 Å². The van der Waals surface area contributed by atoms with Gasteiger partial charge in [0.1, 0.15) is 11.5 Å². The summed E-state index contributed by atoms with van der Waals surface area (Å²) in [5.74, 6) is 1.83. The fourth-order valence-electron chi connectivity index (χ4n) is 1.53. The van der Waals surface area contributed by atoms with Gasteiger partial charge in [0, 0.05) is 16.7 Å². The molecule has 0 radical (unpaired) electrons. The average molecular weight is 260 g/mol. The Kier molecular flexibility index (Phi) is 4.53. The first-order valence-electron chi connectivity index (χ1n) is 5.85. The first-order valence-corrected chi connectivity index (χ1v) is 6.84. The lowest BCUT2D eigenvalue weighted by Gasteiger charge is -2.06. The van der Waals surface area contributed by atoms with E-state index in [4.69, 9.17) is 4.74 Å². The summed E-state index contributed by atoms with van der Waals surface area (Å²) in [7, 11) is 0. The molecule has 0 bridgehead atoms. The van der Waals surface area contributed by atoms with Gasteiger partial charge in [-0.05, 0) is 31.2 Å². The molecule has 0 spiro atoms. The van der Waals surface area contributed by atoms with E-state index in [1.54, 1.807) is 30.0 Å². The van der Waals surface area contributed by atoms with Gasteiger partial charge in [-0.3, -0.25) is 0 Å². The Balaban J connectivity index is 1.74. The van der Waals surface area contributed by atoms with Crippen LogP contribution in [-0.2, 0) is 0 Å². The van der Waals surface area contributed by atoms with Gasteiger partial charge in [0.25, 0.3) is 0 Å². The van der Waals surface area contributed by atoms with Gasteiger partial charge >= 0.3 is 0 Å². The number of phenolic OH excluding ortho intramolecular Hbond substituents is 1. The number of aryl methyl sites for hydroxylation is 1. The van der Waals surface area contributed by atoms with E-state index in [1.807, 2.05) is 6.07 Å². The second-order valence-electron chi connectivity index (χ2n) is 4.01. The first-order chi connectivity index (χ1) is 8.74. The summed E-state index contributed by atoms with van der Waals surface area (Å²) in [6, 6.07) is 15.3. The van der Waals surface area contributed by atoms with Crippen LogP contribution >= 0.6 is 11.8 Å². The highest BCUT2D eigenvalue weighted by Gasteiger charge is 1.97. The van der Waals surface area contributed by atoms with Crippen LogP contribution in [0.15, 0.2) is 53.4 Å². The number of benzene rings is 2. The minimum absolute atomic E-state index is 0.235. The Hall–Kier alpha value is -1.61. The van der Waals surface area contributed by atoms with Crippen LogP contribution in [0.5, 0.6) is 11.5 Å². The molecule has 0 aliphatic carbocycles. The monoisotopic (exact) mass is 260 g/mol. The number of aromatic hydroxyl groups is 1. The van der Waals surface area contributed by atoms with E-state index in [2.05, 4.69) is 31.2 Å². The molecule has 0 aliphatic rings. The van der Waals surface area contributed by atoms with Gasteiger partial charge in [-0.2, -0.15) is 0 Å². The molecule has 0 unspecified atom stereocenters. The number of phenols is 1. The second kappa shape index (κ2) is 6.36. The van der Waals surface area contributed by atoms with E-state index in [1.165, 1.54) is 10.5 Å². The summed E-state index contributed by atoms with van der Waals surface area (Å²) >= 11 is 1.77. The minimum atomic E-state index is 0.235. The second-order valence-corrected chi connectivity index (χ2v) is 5.18. The molecule has 0 saturated heterocycles. The molecule has 0 aliphatic heterocycles. The van der Waals surface area contributed by atoms with Gasteiger partial charge < -0.3 is 9.84 Å². The largest absolute Gasteiger partial charge is 0.508 e. The highest BCUT2D eigenvalue weighted by Crippen LogP contribution is 2.20. The third-order valence-corrected chi connectivity index (χ3v) is 3.44. The first kappa shape index (κ1) is 12.8. The third-order valence-electron chi connectivity index (χ3n) is 2.46. The maximum absolute atomic E-state index is 9.29. The number of hydrogen-bond acceptors (Lipinski definition) is 3. The minimum Gasteiger partial charge on any atom is -0.508 e. The maximum Gasteiger partial charge on any atom is 0.123 e. The fourth-order valence-corrected chi connectivity index (χ4v) is 2.26. The van der Waals surface area contributed by atoms with Crippen LogP contribution in [0.4, 0.5) is 0 Å². The topological polar surface area (TPSA) is 29.5 Å². The van der Waals surface area contributed by atoms with Gasteiger partial charge in [0.2, 0.25) is 0 Å². The Morgan fingerprint density at radius 3 is 2.61 bits per heavy atom. The van der Waals surface area contributed by atoms with E-state index in [9.17, 15) is 5.11 Å². The Labute approximate surface area is 112 Å². The van der Waals surface area contributed by atoms with Crippen molar-refractivity contribution in [2.75, 3.05) is 12.4 Å². The average Bonchev–Trinajstić information content (AvgIpc) is 2.37. The predicted molar refractivity (Wildman–Crippen MR) is 75.5 cm³/mol. The van der Waals surface area contributed by atoms with E-state index in [0.717, 1.165) is 5.75 Å². The molecule has 0 heterocycles. The van der Waals surface area contributed by atoms with Crippen molar-refractivity contribution in [1.29, 1.82) is 0 Å². The smallest absolute Gasteiger partial charge is 0.123 e. The molecule has 2 aromatic carbocycles. The van der Waals surface area contributed by atoms with Gasteiger partial charge in [0.05, 0.1) is 6.61 Å². The normalized spacial score (nSPS) is 10.3. The van der Waals surface area contributed by atoms with Gasteiger partial charge in [-0.15, -0.1) is 11.8 Å². The van der Waals surface area contributed by atoms with Crippen LogP contribution in [-0.4, -0.2) is 17.5 Å². The third kappa shape index (κ3) is 4.00.